The fraction of sp³-hybridized carbons (Fsp3) is 0.909. The Kier molecular flexibility index (Phi) is 5.24. The molecule has 1 heterocycles. The zero-order chi connectivity index (χ0) is 12.9. The Labute approximate surface area is 98.9 Å². The van der Waals surface area contributed by atoms with Gasteiger partial charge in [-0.05, 0) is 25.7 Å². The van der Waals surface area contributed by atoms with Crippen molar-refractivity contribution < 1.29 is 22.7 Å². The standard InChI is InChI=1S/C11H18F3NO2/c1-2-9-5-3-4-6-15(9)10(16)7-17-8-11(12,13)14/h9H,2-8H2,1H3/t9-/m0/s1. The first-order valence-corrected chi connectivity index (χ1v) is 5.88. The minimum Gasteiger partial charge on any atom is -0.362 e. The van der Waals surface area contributed by atoms with Crippen LogP contribution in [0.5, 0.6) is 0 Å². The third-order valence-corrected chi connectivity index (χ3v) is 2.91. The first kappa shape index (κ1) is 14.3. The van der Waals surface area contributed by atoms with Crippen LogP contribution >= 0.6 is 0 Å². The molecule has 6 heteroatoms. The average Bonchev–Trinajstić information content (AvgIpc) is 2.27. The molecule has 0 aliphatic carbocycles. The molecule has 0 aromatic rings. The number of hydrogen-bond donors (Lipinski definition) is 0. The quantitative estimate of drug-likeness (QED) is 0.769. The van der Waals surface area contributed by atoms with Crippen molar-refractivity contribution in [1.29, 1.82) is 0 Å². The monoisotopic (exact) mass is 253 g/mol. The molecule has 1 fully saturated rings. The van der Waals surface area contributed by atoms with Crippen LogP contribution in [-0.2, 0) is 9.53 Å². The van der Waals surface area contributed by atoms with E-state index in [1.807, 2.05) is 6.92 Å². The van der Waals surface area contributed by atoms with Gasteiger partial charge in [-0.25, -0.2) is 0 Å². The van der Waals surface area contributed by atoms with E-state index in [-0.39, 0.29) is 11.9 Å². The number of hydrogen-bond acceptors (Lipinski definition) is 2. The number of ether oxygens (including phenoxy) is 1. The van der Waals surface area contributed by atoms with Gasteiger partial charge in [-0.2, -0.15) is 13.2 Å². The van der Waals surface area contributed by atoms with Gasteiger partial charge in [0.2, 0.25) is 5.91 Å². The van der Waals surface area contributed by atoms with E-state index in [0.717, 1.165) is 25.7 Å². The summed E-state index contributed by atoms with van der Waals surface area (Å²) in [5, 5.41) is 0. The maximum Gasteiger partial charge on any atom is 0.411 e. The molecule has 0 aromatic carbocycles. The summed E-state index contributed by atoms with van der Waals surface area (Å²) < 4.78 is 39.9. The molecule has 0 saturated carbocycles. The topological polar surface area (TPSA) is 29.5 Å². The molecule has 100 valence electrons. The summed E-state index contributed by atoms with van der Waals surface area (Å²) in [6.45, 7) is 0.777. The molecule has 1 aliphatic rings. The van der Waals surface area contributed by atoms with Crippen molar-refractivity contribution in [2.24, 2.45) is 0 Å². The number of carbonyl (C=O) groups is 1. The Morgan fingerprint density at radius 1 is 1.41 bits per heavy atom. The Balaban J connectivity index is 2.35. The lowest BCUT2D eigenvalue weighted by molar-refractivity contribution is -0.178. The summed E-state index contributed by atoms with van der Waals surface area (Å²) in [7, 11) is 0. The van der Waals surface area contributed by atoms with Crippen LogP contribution in [0.4, 0.5) is 13.2 Å². The number of amides is 1. The van der Waals surface area contributed by atoms with E-state index in [1.54, 1.807) is 4.90 Å². The number of carbonyl (C=O) groups excluding carboxylic acids is 1. The third-order valence-electron chi connectivity index (χ3n) is 2.91. The van der Waals surface area contributed by atoms with Crippen molar-refractivity contribution in [3.05, 3.63) is 0 Å². The van der Waals surface area contributed by atoms with Crippen LogP contribution in [0.2, 0.25) is 0 Å². The number of halogens is 3. The van der Waals surface area contributed by atoms with Crippen molar-refractivity contribution in [1.82, 2.24) is 4.90 Å². The van der Waals surface area contributed by atoms with E-state index in [0.29, 0.717) is 6.54 Å². The molecule has 1 atom stereocenters. The summed E-state index contributed by atoms with van der Waals surface area (Å²) in [6, 6.07) is 0.158. The molecular weight excluding hydrogens is 235 g/mol. The first-order chi connectivity index (χ1) is 7.94. The highest BCUT2D eigenvalue weighted by molar-refractivity contribution is 5.77. The van der Waals surface area contributed by atoms with Gasteiger partial charge in [0.15, 0.2) is 0 Å². The van der Waals surface area contributed by atoms with Gasteiger partial charge in [0.05, 0.1) is 0 Å². The molecule has 3 nitrogen and oxygen atoms in total. The summed E-state index contributed by atoms with van der Waals surface area (Å²) in [6.07, 6.45) is -0.605. The highest BCUT2D eigenvalue weighted by Gasteiger charge is 2.29. The minimum absolute atomic E-state index is 0.158. The minimum atomic E-state index is -4.37. The predicted octanol–water partition coefficient (Wildman–Crippen LogP) is 2.36. The number of piperidine rings is 1. The van der Waals surface area contributed by atoms with E-state index < -0.39 is 19.4 Å². The molecule has 1 rings (SSSR count). The third kappa shape index (κ3) is 4.93. The number of likely N-dealkylation sites (tertiary alicyclic amines) is 1. The second kappa shape index (κ2) is 6.23. The Morgan fingerprint density at radius 2 is 2.12 bits per heavy atom. The van der Waals surface area contributed by atoms with Gasteiger partial charge in [0, 0.05) is 12.6 Å². The molecule has 0 aromatic heterocycles. The fourth-order valence-electron chi connectivity index (χ4n) is 2.09. The number of nitrogens with zero attached hydrogens (tertiary/aromatic N) is 1. The molecule has 0 spiro atoms. The van der Waals surface area contributed by atoms with Gasteiger partial charge in [-0.1, -0.05) is 6.92 Å². The van der Waals surface area contributed by atoms with Gasteiger partial charge < -0.3 is 9.64 Å². The number of rotatable bonds is 4. The van der Waals surface area contributed by atoms with Crippen molar-refractivity contribution >= 4 is 5.91 Å². The lowest BCUT2D eigenvalue weighted by Gasteiger charge is -2.35. The molecule has 1 amide bonds. The molecule has 0 radical (unpaired) electrons. The van der Waals surface area contributed by atoms with Crippen molar-refractivity contribution in [3.63, 3.8) is 0 Å². The average molecular weight is 253 g/mol. The lowest BCUT2D eigenvalue weighted by atomic mass is 10.00. The highest BCUT2D eigenvalue weighted by atomic mass is 19.4. The molecule has 0 bridgehead atoms. The molecular formula is C11H18F3NO2. The molecule has 0 unspecified atom stereocenters. The normalized spacial score (nSPS) is 21.6. The van der Waals surface area contributed by atoms with Crippen LogP contribution in [0.3, 0.4) is 0 Å². The van der Waals surface area contributed by atoms with Crippen LogP contribution in [0.1, 0.15) is 32.6 Å². The maximum atomic E-state index is 11.8. The Bertz CT molecular complexity index is 256. The molecule has 1 saturated heterocycles. The molecule has 0 N–H and O–H groups in total. The van der Waals surface area contributed by atoms with E-state index in [1.165, 1.54) is 0 Å². The predicted molar refractivity (Wildman–Crippen MR) is 56.5 cm³/mol. The van der Waals surface area contributed by atoms with Gasteiger partial charge in [-0.15, -0.1) is 0 Å². The van der Waals surface area contributed by atoms with E-state index >= 15 is 0 Å². The van der Waals surface area contributed by atoms with Crippen LogP contribution in [-0.4, -0.2) is 42.8 Å². The smallest absolute Gasteiger partial charge is 0.362 e. The van der Waals surface area contributed by atoms with Gasteiger partial charge in [0.1, 0.15) is 13.2 Å². The lowest BCUT2D eigenvalue weighted by Crippen LogP contribution is -2.45. The van der Waals surface area contributed by atoms with Crippen LogP contribution in [0.15, 0.2) is 0 Å². The fourth-order valence-corrected chi connectivity index (χ4v) is 2.09. The molecule has 1 aliphatic heterocycles. The highest BCUT2D eigenvalue weighted by Crippen LogP contribution is 2.20. The Hall–Kier alpha value is -0.780. The zero-order valence-corrected chi connectivity index (χ0v) is 9.92. The number of alkyl halides is 3. The largest absolute Gasteiger partial charge is 0.411 e. The van der Waals surface area contributed by atoms with Crippen molar-refractivity contribution in [3.8, 4) is 0 Å². The van der Waals surface area contributed by atoms with Crippen LogP contribution < -0.4 is 0 Å². The van der Waals surface area contributed by atoms with E-state index in [4.69, 9.17) is 0 Å². The molecule has 17 heavy (non-hydrogen) atoms. The van der Waals surface area contributed by atoms with Gasteiger partial charge in [-0.3, -0.25) is 4.79 Å². The summed E-state index contributed by atoms with van der Waals surface area (Å²) in [4.78, 5) is 13.3. The summed E-state index contributed by atoms with van der Waals surface area (Å²) in [5.41, 5.74) is 0. The SMILES string of the molecule is CC[C@H]1CCCCN1C(=O)COCC(F)(F)F. The summed E-state index contributed by atoms with van der Waals surface area (Å²) in [5.74, 6) is -0.333. The Morgan fingerprint density at radius 3 is 2.71 bits per heavy atom. The van der Waals surface area contributed by atoms with Crippen molar-refractivity contribution in [2.75, 3.05) is 19.8 Å². The van der Waals surface area contributed by atoms with Crippen LogP contribution in [0.25, 0.3) is 0 Å². The van der Waals surface area contributed by atoms with Crippen LogP contribution in [0, 0.1) is 0 Å². The zero-order valence-electron chi connectivity index (χ0n) is 9.92. The van der Waals surface area contributed by atoms with E-state index in [2.05, 4.69) is 4.74 Å². The van der Waals surface area contributed by atoms with Gasteiger partial charge >= 0.3 is 6.18 Å². The first-order valence-electron chi connectivity index (χ1n) is 5.88. The van der Waals surface area contributed by atoms with Gasteiger partial charge in [0.25, 0.3) is 0 Å². The van der Waals surface area contributed by atoms with E-state index in [9.17, 15) is 18.0 Å². The second-order valence-corrected chi connectivity index (χ2v) is 4.25. The summed E-state index contributed by atoms with van der Waals surface area (Å²) >= 11 is 0. The maximum absolute atomic E-state index is 11.8. The van der Waals surface area contributed by atoms with Crippen molar-refractivity contribution in [2.45, 2.75) is 44.8 Å². The second-order valence-electron chi connectivity index (χ2n) is 4.25.